The van der Waals surface area contributed by atoms with Gasteiger partial charge in [-0.05, 0) is 73.7 Å². The van der Waals surface area contributed by atoms with Crippen LogP contribution in [0.15, 0.2) is 48.5 Å². The van der Waals surface area contributed by atoms with Gasteiger partial charge in [0, 0.05) is 13.1 Å². The minimum Gasteiger partial charge on any atom is -0.404 e. The molecule has 2 aromatic carbocycles. The number of piperidine rings is 1. The van der Waals surface area contributed by atoms with Crippen LogP contribution in [-0.2, 0) is 15.9 Å². The summed E-state index contributed by atoms with van der Waals surface area (Å²) < 4.78 is 28.6. The number of hydrogen-bond donors (Lipinski definition) is 2. The van der Waals surface area contributed by atoms with Gasteiger partial charge in [0.2, 0.25) is 5.91 Å². The van der Waals surface area contributed by atoms with Crippen LogP contribution in [0.3, 0.4) is 0 Å². The lowest BCUT2D eigenvalue weighted by molar-refractivity contribution is -0.133. The molecule has 7 nitrogen and oxygen atoms in total. The molecule has 1 atom stereocenters. The minimum atomic E-state index is -4.55. The lowest BCUT2D eigenvalue weighted by Crippen LogP contribution is -2.45. The van der Waals surface area contributed by atoms with Crippen molar-refractivity contribution in [3.8, 4) is 5.75 Å². The van der Waals surface area contributed by atoms with Gasteiger partial charge in [0.05, 0.1) is 6.04 Å². The first-order chi connectivity index (χ1) is 14.8. The minimum absolute atomic E-state index is 0.0968. The normalized spacial score (nSPS) is 20.9. The molecule has 2 aliphatic heterocycles. The second-order valence-corrected chi connectivity index (χ2v) is 9.32. The molecule has 0 radical (unpaired) electrons. The standard InChI is InChI=1S/C22H26FN2O5P/c23-19-5-1-16(2-6-19)15-25-14-11-21(22(25)26)24-12-9-18(10-13-24)17-3-7-20(8-4-17)30-31(27,28)29/h1-8,18,21H,9-15H2,(H2,27,28,29). The Labute approximate surface area is 180 Å². The van der Waals surface area contributed by atoms with E-state index in [2.05, 4.69) is 9.42 Å². The average molecular weight is 448 g/mol. The van der Waals surface area contributed by atoms with Gasteiger partial charge in [0.25, 0.3) is 0 Å². The largest absolute Gasteiger partial charge is 0.524 e. The highest BCUT2D eigenvalue weighted by molar-refractivity contribution is 7.46. The summed E-state index contributed by atoms with van der Waals surface area (Å²) in [7, 11) is -4.55. The average Bonchev–Trinajstić information content (AvgIpc) is 3.09. The van der Waals surface area contributed by atoms with Crippen LogP contribution in [0.2, 0.25) is 0 Å². The lowest BCUT2D eigenvalue weighted by atomic mass is 9.89. The smallest absolute Gasteiger partial charge is 0.404 e. The first-order valence-electron chi connectivity index (χ1n) is 10.4. The fourth-order valence-corrected chi connectivity index (χ4v) is 4.91. The van der Waals surface area contributed by atoms with Crippen molar-refractivity contribution in [1.82, 2.24) is 9.80 Å². The van der Waals surface area contributed by atoms with Crippen LogP contribution in [0.25, 0.3) is 0 Å². The maximum atomic E-state index is 13.1. The molecular formula is C22H26FN2O5P. The Morgan fingerprint density at radius 2 is 1.61 bits per heavy atom. The van der Waals surface area contributed by atoms with Gasteiger partial charge in [-0.2, -0.15) is 0 Å². The summed E-state index contributed by atoms with van der Waals surface area (Å²) in [6, 6.07) is 13.0. The van der Waals surface area contributed by atoms with E-state index in [4.69, 9.17) is 9.79 Å². The molecule has 9 heteroatoms. The number of carbonyl (C=O) groups excluding carboxylic acids is 1. The van der Waals surface area contributed by atoms with Gasteiger partial charge >= 0.3 is 7.82 Å². The van der Waals surface area contributed by atoms with E-state index in [0.29, 0.717) is 19.0 Å². The van der Waals surface area contributed by atoms with Crippen molar-refractivity contribution < 1.29 is 28.1 Å². The molecule has 0 bridgehead atoms. The number of nitrogens with zero attached hydrogens (tertiary/aromatic N) is 2. The molecule has 31 heavy (non-hydrogen) atoms. The van der Waals surface area contributed by atoms with Gasteiger partial charge in [-0.25, -0.2) is 8.96 Å². The van der Waals surface area contributed by atoms with Gasteiger partial charge in [-0.15, -0.1) is 0 Å². The highest BCUT2D eigenvalue weighted by Crippen LogP contribution is 2.38. The van der Waals surface area contributed by atoms with Crippen LogP contribution in [0.4, 0.5) is 4.39 Å². The second-order valence-electron chi connectivity index (χ2n) is 8.15. The number of phosphoric ester groups is 1. The van der Waals surface area contributed by atoms with E-state index < -0.39 is 7.82 Å². The van der Waals surface area contributed by atoms with E-state index in [1.165, 1.54) is 12.1 Å². The number of likely N-dealkylation sites (tertiary alicyclic amines) is 2. The summed E-state index contributed by atoms with van der Waals surface area (Å²) in [6.07, 6.45) is 2.64. The Kier molecular flexibility index (Phi) is 6.44. The number of carbonyl (C=O) groups is 1. The molecule has 2 saturated heterocycles. The van der Waals surface area contributed by atoms with Gasteiger partial charge in [0.15, 0.2) is 0 Å². The molecular weight excluding hydrogens is 422 g/mol. The van der Waals surface area contributed by atoms with Gasteiger partial charge in [0.1, 0.15) is 11.6 Å². The van der Waals surface area contributed by atoms with Gasteiger partial charge < -0.3 is 9.42 Å². The third-order valence-corrected chi connectivity index (χ3v) is 6.55. The third-order valence-electron chi connectivity index (χ3n) is 6.10. The monoisotopic (exact) mass is 448 g/mol. The number of rotatable bonds is 6. The Hall–Kier alpha value is -2.25. The number of phosphoric acid groups is 1. The fourth-order valence-electron chi connectivity index (χ4n) is 4.51. The van der Waals surface area contributed by atoms with Crippen LogP contribution in [-0.4, -0.2) is 51.2 Å². The number of amides is 1. The zero-order chi connectivity index (χ0) is 22.0. The maximum absolute atomic E-state index is 13.1. The van der Waals surface area contributed by atoms with Crippen LogP contribution in [0.5, 0.6) is 5.75 Å². The van der Waals surface area contributed by atoms with E-state index in [1.54, 1.807) is 24.3 Å². The van der Waals surface area contributed by atoms with E-state index in [1.807, 2.05) is 17.0 Å². The SMILES string of the molecule is O=C1C(N2CCC(c3ccc(OP(=O)(O)O)cc3)CC2)CCN1Cc1ccc(F)cc1. The molecule has 2 N–H and O–H groups in total. The first kappa shape index (κ1) is 22.0. The Morgan fingerprint density at radius 3 is 2.23 bits per heavy atom. The van der Waals surface area contributed by atoms with Crippen LogP contribution < -0.4 is 4.52 Å². The van der Waals surface area contributed by atoms with Gasteiger partial charge in [-0.3, -0.25) is 19.5 Å². The van der Waals surface area contributed by atoms with Crippen molar-refractivity contribution in [2.75, 3.05) is 19.6 Å². The zero-order valence-electron chi connectivity index (χ0n) is 17.1. The summed E-state index contributed by atoms with van der Waals surface area (Å²) in [4.78, 5) is 34.8. The third kappa shape index (κ3) is 5.52. The second kappa shape index (κ2) is 9.09. The predicted octanol–water partition coefficient (Wildman–Crippen LogP) is 3.28. The number of halogens is 1. The molecule has 2 fully saturated rings. The van der Waals surface area contributed by atoms with E-state index in [0.717, 1.165) is 43.5 Å². The molecule has 166 valence electrons. The molecule has 2 aliphatic rings. The highest BCUT2D eigenvalue weighted by atomic mass is 31.2. The van der Waals surface area contributed by atoms with E-state index in [-0.39, 0.29) is 23.5 Å². The molecule has 4 rings (SSSR count). The molecule has 0 spiro atoms. The predicted molar refractivity (Wildman–Crippen MR) is 113 cm³/mol. The lowest BCUT2D eigenvalue weighted by Gasteiger charge is -2.35. The summed E-state index contributed by atoms with van der Waals surface area (Å²) in [5.74, 6) is 0.349. The molecule has 1 amide bonds. The highest BCUT2D eigenvalue weighted by Gasteiger charge is 2.37. The molecule has 2 heterocycles. The van der Waals surface area contributed by atoms with Crippen LogP contribution in [0.1, 0.15) is 36.3 Å². The molecule has 0 aromatic heterocycles. The molecule has 1 unspecified atom stereocenters. The quantitative estimate of drug-likeness (QED) is 0.660. The molecule has 0 aliphatic carbocycles. The summed E-state index contributed by atoms with van der Waals surface area (Å²) >= 11 is 0. The Morgan fingerprint density at radius 1 is 0.968 bits per heavy atom. The van der Waals surface area contributed by atoms with E-state index in [9.17, 15) is 13.8 Å². The topological polar surface area (TPSA) is 90.3 Å². The van der Waals surface area contributed by atoms with Crippen molar-refractivity contribution >= 4 is 13.7 Å². The van der Waals surface area contributed by atoms with Crippen molar-refractivity contribution in [3.05, 3.63) is 65.5 Å². The fraction of sp³-hybridized carbons (Fsp3) is 0.409. The van der Waals surface area contributed by atoms with Crippen LogP contribution >= 0.6 is 7.82 Å². The maximum Gasteiger partial charge on any atom is 0.524 e. The van der Waals surface area contributed by atoms with Crippen molar-refractivity contribution in [1.29, 1.82) is 0 Å². The summed E-state index contributed by atoms with van der Waals surface area (Å²) in [6.45, 7) is 2.87. The Balaban J connectivity index is 1.30. The van der Waals surface area contributed by atoms with Crippen molar-refractivity contribution in [2.45, 2.75) is 37.8 Å². The van der Waals surface area contributed by atoms with Crippen molar-refractivity contribution in [2.24, 2.45) is 0 Å². The Bertz CT molecular complexity index is 955. The van der Waals surface area contributed by atoms with Crippen molar-refractivity contribution in [3.63, 3.8) is 0 Å². The molecule has 2 aromatic rings. The molecule has 0 saturated carbocycles. The van der Waals surface area contributed by atoms with Gasteiger partial charge in [-0.1, -0.05) is 24.3 Å². The summed E-state index contributed by atoms with van der Waals surface area (Å²) in [5, 5.41) is 0. The first-order valence-corrected chi connectivity index (χ1v) is 11.9. The van der Waals surface area contributed by atoms with E-state index >= 15 is 0 Å². The zero-order valence-corrected chi connectivity index (χ0v) is 18.0. The van der Waals surface area contributed by atoms with Crippen LogP contribution in [0, 0.1) is 5.82 Å². The number of benzene rings is 2. The number of hydrogen-bond acceptors (Lipinski definition) is 4. The summed E-state index contributed by atoms with van der Waals surface area (Å²) in [5.41, 5.74) is 2.04.